The third-order valence-electron chi connectivity index (χ3n) is 3.74. The summed E-state index contributed by atoms with van der Waals surface area (Å²) in [6.45, 7) is 3.67. The molecule has 0 aliphatic heterocycles. The molecule has 3 aromatic rings. The van der Waals surface area contributed by atoms with Gasteiger partial charge in [-0.05, 0) is 43.8 Å². The molecule has 24 heavy (non-hydrogen) atoms. The molecule has 0 radical (unpaired) electrons. The van der Waals surface area contributed by atoms with Gasteiger partial charge in [0.25, 0.3) is 0 Å². The van der Waals surface area contributed by atoms with Crippen LogP contribution in [-0.4, -0.2) is 29.7 Å². The van der Waals surface area contributed by atoms with E-state index in [1.807, 2.05) is 43.1 Å². The largest absolute Gasteiger partial charge is 0.492 e. The van der Waals surface area contributed by atoms with Gasteiger partial charge >= 0.3 is 5.76 Å². The van der Waals surface area contributed by atoms with Crippen LogP contribution in [0.3, 0.4) is 0 Å². The lowest BCUT2D eigenvalue weighted by atomic mass is 10.2. The minimum absolute atomic E-state index is 0.390. The number of rotatable bonds is 6. The topological polar surface area (TPSA) is 47.6 Å². The van der Waals surface area contributed by atoms with E-state index in [-0.39, 0.29) is 0 Å². The van der Waals surface area contributed by atoms with Crippen molar-refractivity contribution in [2.24, 2.45) is 0 Å². The molecule has 2 aromatic carbocycles. The molecule has 0 N–H and O–H groups in total. The molecule has 0 bridgehead atoms. The highest BCUT2D eigenvalue weighted by atomic mass is 35.5. The summed E-state index contributed by atoms with van der Waals surface area (Å²) in [5, 5.41) is 0.545. The van der Waals surface area contributed by atoms with Gasteiger partial charge in [-0.25, -0.2) is 4.79 Å². The predicted molar refractivity (Wildman–Crippen MR) is 94.8 cm³/mol. The molecule has 0 unspecified atom stereocenters. The Hall–Kier alpha value is -2.24. The quantitative estimate of drug-likeness (QED) is 0.685. The first-order valence-electron chi connectivity index (χ1n) is 7.70. The van der Waals surface area contributed by atoms with E-state index in [1.165, 1.54) is 0 Å². The standard InChI is InChI=1S/C18H19ClN2O3/c1-13-4-3-5-15(10-13)23-9-8-20(2)12-21-16-7-6-14(19)11-17(16)24-18(21)22/h3-7,10-11H,8-9,12H2,1-2H3. The van der Waals surface area contributed by atoms with Crippen LogP contribution in [0.25, 0.3) is 11.1 Å². The number of aromatic nitrogens is 1. The molecule has 0 aliphatic carbocycles. The van der Waals surface area contributed by atoms with Crippen LogP contribution in [0, 0.1) is 6.92 Å². The zero-order chi connectivity index (χ0) is 17.1. The summed E-state index contributed by atoms with van der Waals surface area (Å²) in [6, 6.07) is 13.1. The first-order valence-corrected chi connectivity index (χ1v) is 8.07. The average molecular weight is 347 g/mol. The van der Waals surface area contributed by atoms with Gasteiger partial charge in [0.2, 0.25) is 0 Å². The average Bonchev–Trinajstić information content (AvgIpc) is 2.82. The second-order valence-corrected chi connectivity index (χ2v) is 6.23. The van der Waals surface area contributed by atoms with E-state index in [4.69, 9.17) is 20.8 Å². The van der Waals surface area contributed by atoms with E-state index in [0.717, 1.165) is 16.8 Å². The Morgan fingerprint density at radius 2 is 2.08 bits per heavy atom. The molecular formula is C18H19ClN2O3. The molecule has 0 amide bonds. The van der Waals surface area contributed by atoms with Crippen molar-refractivity contribution in [3.63, 3.8) is 0 Å². The van der Waals surface area contributed by atoms with Crippen LogP contribution in [0.1, 0.15) is 5.56 Å². The van der Waals surface area contributed by atoms with Gasteiger partial charge in [-0.1, -0.05) is 23.7 Å². The summed E-state index contributed by atoms with van der Waals surface area (Å²) in [7, 11) is 1.93. The number of fused-ring (bicyclic) bond motifs is 1. The zero-order valence-electron chi connectivity index (χ0n) is 13.7. The van der Waals surface area contributed by atoms with Crippen LogP contribution >= 0.6 is 11.6 Å². The summed E-state index contributed by atoms with van der Waals surface area (Å²) in [4.78, 5) is 14.0. The zero-order valence-corrected chi connectivity index (χ0v) is 14.4. The van der Waals surface area contributed by atoms with E-state index in [2.05, 4.69) is 0 Å². The van der Waals surface area contributed by atoms with Crippen molar-refractivity contribution in [1.29, 1.82) is 0 Å². The molecule has 5 nitrogen and oxygen atoms in total. The molecule has 0 aliphatic rings. The van der Waals surface area contributed by atoms with E-state index in [1.54, 1.807) is 22.8 Å². The Kier molecular flexibility index (Phi) is 4.92. The van der Waals surface area contributed by atoms with E-state index < -0.39 is 5.76 Å². The van der Waals surface area contributed by atoms with Crippen LogP contribution in [0.2, 0.25) is 5.02 Å². The number of benzene rings is 2. The van der Waals surface area contributed by atoms with Crippen molar-refractivity contribution in [1.82, 2.24) is 9.47 Å². The fourth-order valence-electron chi connectivity index (χ4n) is 2.51. The fraction of sp³-hybridized carbons (Fsp3) is 0.278. The molecule has 0 fully saturated rings. The van der Waals surface area contributed by atoms with E-state index >= 15 is 0 Å². The number of oxazole rings is 1. The first kappa shape index (κ1) is 16.6. The Morgan fingerprint density at radius 3 is 2.88 bits per heavy atom. The Bertz CT molecular complexity index is 901. The van der Waals surface area contributed by atoms with Crippen LogP contribution in [0.15, 0.2) is 51.7 Å². The predicted octanol–water partition coefficient (Wildman–Crippen LogP) is 3.52. The van der Waals surface area contributed by atoms with Crippen molar-refractivity contribution in [3.8, 4) is 5.75 Å². The summed E-state index contributed by atoms with van der Waals surface area (Å²) in [5.74, 6) is 0.461. The molecular weight excluding hydrogens is 328 g/mol. The summed E-state index contributed by atoms with van der Waals surface area (Å²) < 4.78 is 12.6. The molecule has 0 spiro atoms. The van der Waals surface area contributed by atoms with Gasteiger partial charge in [-0.3, -0.25) is 9.47 Å². The van der Waals surface area contributed by atoms with Crippen molar-refractivity contribution >= 4 is 22.7 Å². The van der Waals surface area contributed by atoms with Gasteiger partial charge in [0, 0.05) is 17.6 Å². The number of hydrogen-bond acceptors (Lipinski definition) is 4. The molecule has 1 aromatic heterocycles. The number of ether oxygens (including phenoxy) is 1. The van der Waals surface area contributed by atoms with Crippen LogP contribution in [0.5, 0.6) is 5.75 Å². The highest BCUT2D eigenvalue weighted by Gasteiger charge is 2.11. The number of nitrogens with zero attached hydrogens (tertiary/aromatic N) is 2. The van der Waals surface area contributed by atoms with Crippen molar-refractivity contribution in [2.75, 3.05) is 20.2 Å². The highest BCUT2D eigenvalue weighted by Crippen LogP contribution is 2.18. The normalized spacial score (nSPS) is 11.3. The maximum atomic E-state index is 12.0. The van der Waals surface area contributed by atoms with Crippen molar-refractivity contribution in [3.05, 3.63) is 63.6 Å². The van der Waals surface area contributed by atoms with Gasteiger partial charge in [-0.2, -0.15) is 0 Å². The number of hydrogen-bond donors (Lipinski definition) is 0. The molecule has 0 atom stereocenters. The van der Waals surface area contributed by atoms with Gasteiger partial charge < -0.3 is 9.15 Å². The van der Waals surface area contributed by atoms with E-state index in [0.29, 0.717) is 30.4 Å². The number of likely N-dealkylation sites (N-methyl/N-ethyl adjacent to an activating group) is 1. The summed E-state index contributed by atoms with van der Waals surface area (Å²) in [6.07, 6.45) is 0. The second kappa shape index (κ2) is 7.11. The first-order chi connectivity index (χ1) is 11.5. The summed E-state index contributed by atoms with van der Waals surface area (Å²) >= 11 is 5.93. The lowest BCUT2D eigenvalue weighted by Gasteiger charge is -2.17. The maximum Gasteiger partial charge on any atom is 0.421 e. The molecule has 0 saturated heterocycles. The minimum atomic E-state index is -0.390. The molecule has 126 valence electrons. The lowest BCUT2D eigenvalue weighted by molar-refractivity contribution is 0.203. The van der Waals surface area contributed by atoms with Crippen LogP contribution in [0.4, 0.5) is 0 Å². The monoisotopic (exact) mass is 346 g/mol. The highest BCUT2D eigenvalue weighted by molar-refractivity contribution is 6.31. The van der Waals surface area contributed by atoms with Crippen molar-refractivity contribution in [2.45, 2.75) is 13.6 Å². The third-order valence-corrected chi connectivity index (χ3v) is 3.98. The minimum Gasteiger partial charge on any atom is -0.492 e. The van der Waals surface area contributed by atoms with Gasteiger partial charge in [0.1, 0.15) is 12.4 Å². The van der Waals surface area contributed by atoms with Gasteiger partial charge in [-0.15, -0.1) is 0 Å². The third kappa shape index (κ3) is 3.80. The molecule has 0 saturated carbocycles. The van der Waals surface area contributed by atoms with Gasteiger partial charge in [0.05, 0.1) is 12.2 Å². The lowest BCUT2D eigenvalue weighted by Crippen LogP contribution is -2.30. The van der Waals surface area contributed by atoms with Crippen LogP contribution in [-0.2, 0) is 6.67 Å². The molecule has 6 heteroatoms. The number of halogens is 1. The molecule has 1 heterocycles. The van der Waals surface area contributed by atoms with Gasteiger partial charge in [0.15, 0.2) is 5.58 Å². The Balaban J connectivity index is 1.62. The number of aryl methyl sites for hydroxylation is 1. The SMILES string of the molecule is Cc1cccc(OCCN(C)Cn2c(=O)oc3cc(Cl)ccc32)c1. The molecule has 3 rings (SSSR count). The Labute approximate surface area is 145 Å². The van der Waals surface area contributed by atoms with Crippen LogP contribution < -0.4 is 10.5 Å². The Morgan fingerprint density at radius 1 is 1.25 bits per heavy atom. The smallest absolute Gasteiger partial charge is 0.421 e. The van der Waals surface area contributed by atoms with E-state index in [9.17, 15) is 4.79 Å². The summed E-state index contributed by atoms with van der Waals surface area (Å²) in [5.41, 5.74) is 2.39. The fourth-order valence-corrected chi connectivity index (χ4v) is 2.67. The second-order valence-electron chi connectivity index (χ2n) is 5.79. The van der Waals surface area contributed by atoms with Crippen molar-refractivity contribution < 1.29 is 9.15 Å². The maximum absolute atomic E-state index is 12.0.